The van der Waals surface area contributed by atoms with Gasteiger partial charge < -0.3 is 14.6 Å². The van der Waals surface area contributed by atoms with Crippen molar-refractivity contribution in [3.63, 3.8) is 0 Å². The number of amides is 1. The van der Waals surface area contributed by atoms with Crippen LogP contribution in [0, 0.1) is 39.0 Å². The van der Waals surface area contributed by atoms with Crippen LogP contribution in [-0.4, -0.2) is 34.2 Å². The van der Waals surface area contributed by atoms with E-state index in [9.17, 15) is 10.1 Å². The normalized spacial score (nSPS) is 12.3. The molecule has 0 radical (unpaired) electrons. The second-order valence-electron chi connectivity index (χ2n) is 8.18. The van der Waals surface area contributed by atoms with Crippen LogP contribution in [0.5, 0.6) is 0 Å². The zero-order valence-corrected chi connectivity index (χ0v) is 21.2. The Hall–Kier alpha value is -3.41. The molecule has 0 aliphatic carbocycles. The van der Waals surface area contributed by atoms with Crippen molar-refractivity contribution >= 4 is 29.4 Å². The van der Waals surface area contributed by atoms with Gasteiger partial charge in [-0.25, -0.2) is 9.97 Å². The van der Waals surface area contributed by atoms with Crippen LogP contribution in [0.4, 0.5) is 5.69 Å². The van der Waals surface area contributed by atoms with Gasteiger partial charge >= 0.3 is 0 Å². The largest absolute Gasteiger partial charge is 0.383 e. The first kappa shape index (κ1) is 25.2. The highest BCUT2D eigenvalue weighted by atomic mass is 32.2. The van der Waals surface area contributed by atoms with Crippen molar-refractivity contribution < 1.29 is 9.53 Å². The topological polar surface area (TPSA) is 92.8 Å². The van der Waals surface area contributed by atoms with Crippen LogP contribution < -0.4 is 5.32 Å². The number of rotatable bonds is 8. The minimum Gasteiger partial charge on any atom is -0.383 e. The molecule has 3 aromatic rings. The molecule has 3 rings (SSSR count). The van der Waals surface area contributed by atoms with Crippen molar-refractivity contribution in [1.82, 2.24) is 14.5 Å². The lowest BCUT2D eigenvalue weighted by Gasteiger charge is -2.17. The first-order valence-corrected chi connectivity index (χ1v) is 11.7. The lowest BCUT2D eigenvalue weighted by molar-refractivity contribution is -0.112. The molecule has 1 amide bonds. The average molecular weight is 476 g/mol. The number of aryl methyl sites for hydroxylation is 3. The van der Waals surface area contributed by atoms with Crippen LogP contribution in [0.2, 0.25) is 0 Å². The Bertz CT molecular complexity index is 1240. The summed E-state index contributed by atoms with van der Waals surface area (Å²) in [4.78, 5) is 22.6. The minimum atomic E-state index is -0.449. The van der Waals surface area contributed by atoms with Crippen LogP contribution in [0.3, 0.4) is 0 Å². The molecule has 0 bridgehead atoms. The van der Waals surface area contributed by atoms with E-state index >= 15 is 0 Å². The number of methoxy groups -OCH3 is 1. The van der Waals surface area contributed by atoms with Crippen LogP contribution in [0.1, 0.15) is 41.3 Å². The van der Waals surface area contributed by atoms with Crippen LogP contribution in [0.15, 0.2) is 52.0 Å². The summed E-state index contributed by atoms with van der Waals surface area (Å²) in [6, 6.07) is 13.5. The van der Waals surface area contributed by atoms with E-state index in [4.69, 9.17) is 4.74 Å². The Morgan fingerprint density at radius 2 is 1.82 bits per heavy atom. The smallest absolute Gasteiger partial charge is 0.266 e. The zero-order chi connectivity index (χ0) is 24.8. The second-order valence-corrected chi connectivity index (χ2v) is 9.23. The molecule has 1 atom stereocenters. The SMILES string of the molecule is COCC(C)n1c(C)cc(/C=C(\C#N)C(=O)Nc2ccc(Sc3nc(C)cc(C)n3)cc2)c1C. The first-order valence-electron chi connectivity index (χ1n) is 10.9. The Morgan fingerprint density at radius 1 is 1.18 bits per heavy atom. The van der Waals surface area contributed by atoms with E-state index in [1.165, 1.54) is 11.8 Å². The molecule has 8 heteroatoms. The Balaban J connectivity index is 1.73. The lowest BCUT2D eigenvalue weighted by Crippen LogP contribution is -2.14. The third-order valence-electron chi connectivity index (χ3n) is 5.32. The van der Waals surface area contributed by atoms with Crippen LogP contribution in [0.25, 0.3) is 6.08 Å². The molecule has 2 heterocycles. The number of nitrogens with zero attached hydrogens (tertiary/aromatic N) is 4. The van der Waals surface area contributed by atoms with E-state index in [2.05, 4.69) is 26.8 Å². The number of carbonyl (C=O) groups is 1. The van der Waals surface area contributed by atoms with Gasteiger partial charge in [-0.1, -0.05) is 0 Å². The molecule has 1 unspecified atom stereocenters. The Labute approximate surface area is 204 Å². The van der Waals surface area contributed by atoms with E-state index in [0.29, 0.717) is 17.5 Å². The van der Waals surface area contributed by atoms with Gasteiger partial charge in [-0.15, -0.1) is 0 Å². The number of anilines is 1. The molecule has 0 spiro atoms. The molecule has 0 aliphatic heterocycles. The molecule has 0 aliphatic rings. The number of nitriles is 1. The number of hydrogen-bond donors (Lipinski definition) is 1. The van der Waals surface area contributed by atoms with E-state index < -0.39 is 5.91 Å². The maximum absolute atomic E-state index is 12.8. The summed E-state index contributed by atoms with van der Waals surface area (Å²) in [5.41, 5.74) is 5.36. The maximum Gasteiger partial charge on any atom is 0.266 e. The maximum atomic E-state index is 12.8. The van der Waals surface area contributed by atoms with Gasteiger partial charge in [-0.2, -0.15) is 5.26 Å². The zero-order valence-electron chi connectivity index (χ0n) is 20.3. The molecule has 0 saturated carbocycles. The molecule has 0 saturated heterocycles. The van der Waals surface area contributed by atoms with Crippen molar-refractivity contribution in [3.05, 3.63) is 70.3 Å². The van der Waals surface area contributed by atoms with Gasteiger partial charge in [0.25, 0.3) is 5.91 Å². The van der Waals surface area contributed by atoms with Gasteiger partial charge in [-0.3, -0.25) is 4.79 Å². The van der Waals surface area contributed by atoms with E-state index in [0.717, 1.165) is 33.2 Å². The molecular formula is C26H29N5O2S. The number of hydrogen-bond acceptors (Lipinski definition) is 6. The first-order chi connectivity index (χ1) is 16.2. The minimum absolute atomic E-state index is 0.0433. The molecule has 1 N–H and O–H groups in total. The van der Waals surface area contributed by atoms with Gasteiger partial charge in [-0.05, 0) is 94.4 Å². The van der Waals surface area contributed by atoms with Crippen molar-refractivity contribution in [3.8, 4) is 6.07 Å². The average Bonchev–Trinajstić information content (AvgIpc) is 3.05. The summed E-state index contributed by atoms with van der Waals surface area (Å²) < 4.78 is 7.43. The highest BCUT2D eigenvalue weighted by Crippen LogP contribution is 2.27. The predicted molar refractivity (Wildman–Crippen MR) is 135 cm³/mol. The van der Waals surface area contributed by atoms with Gasteiger partial charge in [0, 0.05) is 40.5 Å². The van der Waals surface area contributed by atoms with Crippen LogP contribution >= 0.6 is 11.8 Å². The summed E-state index contributed by atoms with van der Waals surface area (Å²) in [7, 11) is 1.67. The Morgan fingerprint density at radius 3 is 2.41 bits per heavy atom. The summed E-state index contributed by atoms with van der Waals surface area (Å²) in [5.74, 6) is -0.449. The van der Waals surface area contributed by atoms with E-state index in [1.54, 1.807) is 25.3 Å². The Kier molecular flexibility index (Phi) is 8.26. The molecular weight excluding hydrogens is 446 g/mol. The molecule has 7 nitrogen and oxygen atoms in total. The number of benzene rings is 1. The number of carbonyl (C=O) groups excluding carboxylic acids is 1. The molecule has 0 fully saturated rings. The fourth-order valence-electron chi connectivity index (χ4n) is 3.90. The van der Waals surface area contributed by atoms with E-state index in [1.807, 2.05) is 58.0 Å². The van der Waals surface area contributed by atoms with Gasteiger partial charge in [0.15, 0.2) is 5.16 Å². The standard InChI is InChI=1S/C26H29N5O2S/c1-16-11-17(2)29-26(28-16)34-24-9-7-23(8-10-24)30-25(32)22(14-27)13-21-12-18(3)31(20(21)5)19(4)15-33-6/h7-13,19H,15H2,1-6H3,(H,30,32)/b22-13+. The second kappa shape index (κ2) is 11.1. The monoisotopic (exact) mass is 475 g/mol. The van der Waals surface area contributed by atoms with Crippen molar-refractivity contribution in [2.24, 2.45) is 0 Å². The highest BCUT2D eigenvalue weighted by Gasteiger charge is 2.16. The summed E-state index contributed by atoms with van der Waals surface area (Å²) in [6.07, 6.45) is 1.63. The summed E-state index contributed by atoms with van der Waals surface area (Å²) >= 11 is 1.46. The summed E-state index contributed by atoms with van der Waals surface area (Å²) in [6.45, 7) is 10.5. The quantitative estimate of drug-likeness (QED) is 0.266. The molecule has 176 valence electrons. The fraction of sp³-hybridized carbons (Fsp3) is 0.308. The predicted octanol–water partition coefficient (Wildman–Crippen LogP) is 5.42. The fourth-order valence-corrected chi connectivity index (χ4v) is 4.76. The van der Waals surface area contributed by atoms with E-state index in [-0.39, 0.29) is 11.6 Å². The number of nitrogens with one attached hydrogen (secondary N) is 1. The third kappa shape index (κ3) is 6.13. The van der Waals surface area contributed by atoms with Crippen molar-refractivity contribution in [2.45, 2.75) is 50.7 Å². The molecule has 2 aromatic heterocycles. The van der Waals surface area contributed by atoms with Crippen molar-refractivity contribution in [2.75, 3.05) is 19.0 Å². The van der Waals surface area contributed by atoms with Gasteiger partial charge in [0.05, 0.1) is 12.6 Å². The number of aromatic nitrogens is 3. The van der Waals surface area contributed by atoms with Gasteiger partial charge in [0.1, 0.15) is 11.6 Å². The lowest BCUT2D eigenvalue weighted by atomic mass is 10.1. The molecule has 1 aromatic carbocycles. The van der Waals surface area contributed by atoms with Crippen LogP contribution in [-0.2, 0) is 9.53 Å². The third-order valence-corrected chi connectivity index (χ3v) is 6.19. The number of ether oxygens (including phenoxy) is 1. The van der Waals surface area contributed by atoms with Crippen molar-refractivity contribution in [1.29, 1.82) is 5.26 Å². The molecule has 34 heavy (non-hydrogen) atoms. The van der Waals surface area contributed by atoms with Gasteiger partial charge in [0.2, 0.25) is 0 Å². The highest BCUT2D eigenvalue weighted by molar-refractivity contribution is 7.99. The summed E-state index contributed by atoms with van der Waals surface area (Å²) in [5, 5.41) is 13.1.